The van der Waals surface area contributed by atoms with Gasteiger partial charge in [-0.3, -0.25) is 0 Å². The first-order chi connectivity index (χ1) is 13.5. The number of nitrogens with one attached hydrogen (secondary N) is 2. The second-order valence-corrected chi connectivity index (χ2v) is 7.57. The maximum Gasteiger partial charge on any atom is 0.225 e. The van der Waals surface area contributed by atoms with Crippen molar-refractivity contribution in [1.82, 2.24) is 9.97 Å². The van der Waals surface area contributed by atoms with E-state index in [-0.39, 0.29) is 18.6 Å². The molecule has 0 unspecified atom stereocenters. The molecule has 0 saturated carbocycles. The zero-order valence-corrected chi connectivity index (χ0v) is 17.2. The van der Waals surface area contributed by atoms with Crippen molar-refractivity contribution in [2.45, 2.75) is 19.9 Å². The number of aromatic nitrogens is 2. The molecule has 3 N–H and O–H groups in total. The van der Waals surface area contributed by atoms with Crippen LogP contribution in [0.4, 0.5) is 17.5 Å². The van der Waals surface area contributed by atoms with Gasteiger partial charge in [0.05, 0.1) is 28.4 Å². The maximum absolute atomic E-state index is 9.64. The number of nitrogens with zero attached hydrogens (tertiary/aromatic N) is 2. The van der Waals surface area contributed by atoms with Gasteiger partial charge in [0, 0.05) is 17.3 Å². The van der Waals surface area contributed by atoms with Gasteiger partial charge in [-0.25, -0.2) is 4.98 Å². The van der Waals surface area contributed by atoms with Gasteiger partial charge in [0.2, 0.25) is 5.95 Å². The van der Waals surface area contributed by atoms with E-state index >= 15 is 0 Å². The van der Waals surface area contributed by atoms with E-state index in [9.17, 15) is 5.11 Å². The summed E-state index contributed by atoms with van der Waals surface area (Å²) in [6, 6.07) is 16.9. The number of halogens is 2. The van der Waals surface area contributed by atoms with E-state index in [1.807, 2.05) is 56.3 Å². The van der Waals surface area contributed by atoms with Gasteiger partial charge >= 0.3 is 0 Å². The summed E-state index contributed by atoms with van der Waals surface area (Å²) in [6.07, 6.45) is 0. The highest BCUT2D eigenvalue weighted by atomic mass is 35.5. The zero-order chi connectivity index (χ0) is 20.1. The summed E-state index contributed by atoms with van der Waals surface area (Å²) in [5.74, 6) is 1.27. The molecular weight excluding hydrogens is 395 g/mol. The molecule has 28 heavy (non-hydrogen) atoms. The normalized spacial score (nSPS) is 12.1. The van der Waals surface area contributed by atoms with Crippen LogP contribution in [0.2, 0.25) is 10.0 Å². The number of rotatable bonds is 7. The van der Waals surface area contributed by atoms with Crippen molar-refractivity contribution in [1.29, 1.82) is 0 Å². The Bertz CT molecular complexity index is 935. The standard InChI is InChI=1S/C21H22Cl2N4O/c1-13(2)19(12-28)26-21-25-18(14-6-4-3-5-7-14)11-20(27-21)24-15-8-9-16(22)17(23)10-15/h3-11,13,19,28H,12H2,1-2H3,(H2,24,25,26,27)/t19-/m1/s1. The first kappa shape index (κ1) is 20.4. The van der Waals surface area contributed by atoms with Crippen LogP contribution >= 0.6 is 23.2 Å². The molecular formula is C21H22Cl2N4O. The topological polar surface area (TPSA) is 70.1 Å². The summed E-state index contributed by atoms with van der Waals surface area (Å²) < 4.78 is 0. The van der Waals surface area contributed by atoms with Crippen LogP contribution in [0.1, 0.15) is 13.8 Å². The molecule has 5 nitrogen and oxygen atoms in total. The van der Waals surface area contributed by atoms with Crippen LogP contribution in [0.15, 0.2) is 54.6 Å². The van der Waals surface area contributed by atoms with Crippen molar-refractivity contribution in [3.8, 4) is 11.3 Å². The molecule has 3 rings (SSSR count). The van der Waals surface area contributed by atoms with E-state index in [4.69, 9.17) is 23.2 Å². The lowest BCUT2D eigenvalue weighted by Gasteiger charge is -2.20. The molecule has 3 aromatic rings. The van der Waals surface area contributed by atoms with E-state index in [1.54, 1.807) is 12.1 Å². The van der Waals surface area contributed by atoms with E-state index in [0.717, 1.165) is 16.9 Å². The molecule has 0 amide bonds. The summed E-state index contributed by atoms with van der Waals surface area (Å²) in [5.41, 5.74) is 2.50. The second-order valence-electron chi connectivity index (χ2n) is 6.76. The molecule has 0 spiro atoms. The third kappa shape index (κ3) is 5.13. The number of benzene rings is 2. The molecule has 1 atom stereocenters. The summed E-state index contributed by atoms with van der Waals surface area (Å²) in [4.78, 5) is 9.18. The van der Waals surface area contributed by atoms with E-state index < -0.39 is 0 Å². The molecule has 146 valence electrons. The van der Waals surface area contributed by atoms with Gasteiger partial charge in [-0.15, -0.1) is 0 Å². The Labute approximate surface area is 174 Å². The lowest BCUT2D eigenvalue weighted by Crippen LogP contribution is -2.30. The number of aliphatic hydroxyl groups is 1. The Kier molecular flexibility index (Phi) is 6.73. The number of aliphatic hydroxyl groups excluding tert-OH is 1. The van der Waals surface area contributed by atoms with Gasteiger partial charge in [0.25, 0.3) is 0 Å². The van der Waals surface area contributed by atoms with Gasteiger partial charge in [-0.1, -0.05) is 67.4 Å². The van der Waals surface area contributed by atoms with Crippen molar-refractivity contribution >= 4 is 40.7 Å². The monoisotopic (exact) mass is 416 g/mol. The van der Waals surface area contributed by atoms with Gasteiger partial charge in [0.15, 0.2) is 0 Å². The maximum atomic E-state index is 9.64. The SMILES string of the molecule is CC(C)[C@@H](CO)Nc1nc(Nc2ccc(Cl)c(Cl)c2)cc(-c2ccccc2)n1. The molecule has 0 saturated heterocycles. The highest BCUT2D eigenvalue weighted by molar-refractivity contribution is 6.42. The minimum Gasteiger partial charge on any atom is -0.394 e. The smallest absolute Gasteiger partial charge is 0.225 e. The second kappa shape index (κ2) is 9.24. The quantitative estimate of drug-likeness (QED) is 0.465. The van der Waals surface area contributed by atoms with E-state index in [1.165, 1.54) is 0 Å². The van der Waals surface area contributed by atoms with Crippen molar-refractivity contribution < 1.29 is 5.11 Å². The molecule has 0 aliphatic heterocycles. The Balaban J connectivity index is 1.97. The number of anilines is 3. The lowest BCUT2D eigenvalue weighted by molar-refractivity contribution is 0.248. The first-order valence-electron chi connectivity index (χ1n) is 9.00. The molecule has 0 radical (unpaired) electrons. The van der Waals surface area contributed by atoms with Crippen molar-refractivity contribution in [3.05, 3.63) is 64.6 Å². The predicted molar refractivity (Wildman–Crippen MR) is 117 cm³/mol. The number of hydrogen-bond acceptors (Lipinski definition) is 5. The van der Waals surface area contributed by atoms with Crippen LogP contribution in [0.3, 0.4) is 0 Å². The zero-order valence-electron chi connectivity index (χ0n) is 15.7. The molecule has 1 aromatic heterocycles. The third-order valence-electron chi connectivity index (χ3n) is 4.30. The van der Waals surface area contributed by atoms with Crippen molar-refractivity contribution in [2.75, 3.05) is 17.2 Å². The highest BCUT2D eigenvalue weighted by Crippen LogP contribution is 2.28. The fraction of sp³-hybridized carbons (Fsp3) is 0.238. The summed E-state index contributed by atoms with van der Waals surface area (Å²) in [6.45, 7) is 4.06. The number of hydrogen-bond donors (Lipinski definition) is 3. The Morgan fingerprint density at radius 2 is 1.71 bits per heavy atom. The summed E-state index contributed by atoms with van der Waals surface area (Å²) in [5, 5.41) is 17.1. The van der Waals surface area contributed by atoms with Crippen LogP contribution in [-0.4, -0.2) is 27.7 Å². The Morgan fingerprint density at radius 3 is 2.36 bits per heavy atom. The summed E-state index contributed by atoms with van der Waals surface area (Å²) in [7, 11) is 0. The Morgan fingerprint density at radius 1 is 0.964 bits per heavy atom. The molecule has 0 aliphatic carbocycles. The van der Waals surface area contributed by atoms with E-state index in [2.05, 4.69) is 20.6 Å². The van der Waals surface area contributed by atoms with Gasteiger partial charge in [0.1, 0.15) is 5.82 Å². The minimum atomic E-state index is -0.149. The van der Waals surface area contributed by atoms with Crippen molar-refractivity contribution in [3.63, 3.8) is 0 Å². The first-order valence-corrected chi connectivity index (χ1v) is 9.76. The fourth-order valence-corrected chi connectivity index (χ4v) is 2.94. The van der Waals surface area contributed by atoms with Crippen molar-refractivity contribution in [2.24, 2.45) is 5.92 Å². The molecule has 2 aromatic carbocycles. The molecule has 0 bridgehead atoms. The van der Waals surface area contributed by atoms with Gasteiger partial charge < -0.3 is 15.7 Å². The van der Waals surface area contributed by atoms with Gasteiger partial charge in [-0.2, -0.15) is 4.98 Å². The lowest BCUT2D eigenvalue weighted by atomic mass is 10.1. The summed E-state index contributed by atoms with van der Waals surface area (Å²) >= 11 is 12.1. The third-order valence-corrected chi connectivity index (χ3v) is 5.04. The van der Waals surface area contributed by atoms with Crippen LogP contribution < -0.4 is 10.6 Å². The molecule has 0 aliphatic rings. The van der Waals surface area contributed by atoms with Crippen LogP contribution in [0.5, 0.6) is 0 Å². The largest absolute Gasteiger partial charge is 0.394 e. The average Bonchev–Trinajstić information content (AvgIpc) is 2.69. The molecule has 0 fully saturated rings. The minimum absolute atomic E-state index is 0.00779. The van der Waals surface area contributed by atoms with Gasteiger partial charge in [-0.05, 0) is 24.1 Å². The van der Waals surface area contributed by atoms with E-state index in [0.29, 0.717) is 21.8 Å². The highest BCUT2D eigenvalue weighted by Gasteiger charge is 2.15. The Hall–Kier alpha value is -2.34. The fourth-order valence-electron chi connectivity index (χ4n) is 2.64. The molecule has 7 heteroatoms. The average molecular weight is 417 g/mol. The molecule has 1 heterocycles. The van der Waals surface area contributed by atoms with Crippen LogP contribution in [0, 0.1) is 5.92 Å². The van der Waals surface area contributed by atoms with Crippen LogP contribution in [-0.2, 0) is 0 Å². The van der Waals surface area contributed by atoms with Crippen LogP contribution in [0.25, 0.3) is 11.3 Å². The predicted octanol–water partition coefficient (Wildman–Crippen LogP) is 5.62.